The van der Waals surface area contributed by atoms with Gasteiger partial charge >= 0.3 is 0 Å². The minimum absolute atomic E-state index is 0.206. The van der Waals surface area contributed by atoms with Crippen LogP contribution in [0.15, 0.2) is 182 Å². The maximum absolute atomic E-state index is 5.61. The third-order valence-electron chi connectivity index (χ3n) is 12.3. The van der Waals surface area contributed by atoms with Gasteiger partial charge in [-0.1, -0.05) is 130 Å². The minimum atomic E-state index is -0.271. The Kier molecular flexibility index (Phi) is 8.05. The zero-order valence-electron chi connectivity index (χ0n) is 33.2. The number of benzene rings is 7. The van der Waals surface area contributed by atoms with E-state index in [4.69, 9.17) is 4.98 Å². The molecule has 8 aromatic rings. The second-order valence-corrected chi connectivity index (χ2v) is 16.6. The Labute approximate surface area is 336 Å². The molecular weight excluding hydrogens is 691 g/mol. The van der Waals surface area contributed by atoms with E-state index in [-0.39, 0.29) is 10.8 Å². The first-order chi connectivity index (χ1) is 27.7. The zero-order valence-corrected chi connectivity index (χ0v) is 33.2. The van der Waals surface area contributed by atoms with Gasteiger partial charge in [-0.05, 0) is 125 Å². The van der Waals surface area contributed by atoms with Gasteiger partial charge in [-0.25, -0.2) is 0 Å². The van der Waals surface area contributed by atoms with E-state index in [1.807, 2.05) is 0 Å². The van der Waals surface area contributed by atoms with Gasteiger partial charge in [0, 0.05) is 56.1 Å². The fraction of sp³-hybridized carbons (Fsp3) is 0.130. The third kappa shape index (κ3) is 5.68. The molecule has 276 valence electrons. The number of aromatic nitrogens is 1. The Bertz CT molecular complexity index is 2730. The van der Waals surface area contributed by atoms with Crippen molar-refractivity contribution in [2.45, 2.75) is 45.4 Å². The van der Waals surface area contributed by atoms with Crippen LogP contribution in [-0.4, -0.2) is 4.98 Å². The molecule has 2 aliphatic carbocycles. The highest BCUT2D eigenvalue weighted by molar-refractivity contribution is 5.89. The predicted octanol–water partition coefficient (Wildman–Crippen LogP) is 14.6. The van der Waals surface area contributed by atoms with Crippen molar-refractivity contribution in [1.29, 1.82) is 0 Å². The molecule has 0 spiro atoms. The molecule has 0 saturated heterocycles. The number of fused-ring (bicyclic) bond motifs is 6. The molecule has 0 radical (unpaired) electrons. The largest absolute Gasteiger partial charge is 0.311 e. The fourth-order valence-corrected chi connectivity index (χ4v) is 9.14. The number of para-hydroxylation sites is 3. The molecule has 1 aromatic heterocycles. The average molecular weight is 736 g/mol. The molecule has 0 unspecified atom stereocenters. The van der Waals surface area contributed by atoms with E-state index in [0.29, 0.717) is 0 Å². The maximum Gasteiger partial charge on any atom is 0.0750 e. The summed E-state index contributed by atoms with van der Waals surface area (Å²) in [5.74, 6) is 0. The smallest absolute Gasteiger partial charge is 0.0750 e. The highest BCUT2D eigenvalue weighted by Gasteiger charge is 2.43. The van der Waals surface area contributed by atoms with Gasteiger partial charge in [0.05, 0.1) is 11.4 Å². The quantitative estimate of drug-likeness (QED) is 0.162. The van der Waals surface area contributed by atoms with Crippen LogP contribution in [0.25, 0.3) is 33.5 Å². The molecule has 3 nitrogen and oxygen atoms in total. The number of aryl methyl sites for hydroxylation is 1. The number of pyridine rings is 1. The average Bonchev–Trinajstić information content (AvgIpc) is 3.60. The van der Waals surface area contributed by atoms with E-state index >= 15 is 0 Å². The first-order valence-corrected chi connectivity index (χ1v) is 20.0. The van der Waals surface area contributed by atoms with Gasteiger partial charge in [0.15, 0.2) is 0 Å². The highest BCUT2D eigenvalue weighted by atomic mass is 15.1. The lowest BCUT2D eigenvalue weighted by Crippen LogP contribution is -2.19. The van der Waals surface area contributed by atoms with Crippen molar-refractivity contribution in [2.24, 2.45) is 0 Å². The van der Waals surface area contributed by atoms with E-state index < -0.39 is 0 Å². The van der Waals surface area contributed by atoms with Crippen molar-refractivity contribution in [3.63, 3.8) is 0 Å². The van der Waals surface area contributed by atoms with Crippen LogP contribution in [0.3, 0.4) is 0 Å². The van der Waals surface area contributed by atoms with E-state index in [0.717, 1.165) is 45.5 Å². The molecule has 10 rings (SSSR count). The van der Waals surface area contributed by atoms with Gasteiger partial charge in [0.25, 0.3) is 0 Å². The highest BCUT2D eigenvalue weighted by Crippen LogP contribution is 2.56. The molecule has 0 atom stereocenters. The Morgan fingerprint density at radius 1 is 0.368 bits per heavy atom. The Morgan fingerprint density at radius 3 is 1.40 bits per heavy atom. The lowest BCUT2D eigenvalue weighted by Gasteiger charge is -2.28. The zero-order chi connectivity index (χ0) is 38.9. The van der Waals surface area contributed by atoms with Gasteiger partial charge in [-0.15, -0.1) is 0 Å². The summed E-state index contributed by atoms with van der Waals surface area (Å²) >= 11 is 0. The third-order valence-corrected chi connectivity index (χ3v) is 12.3. The van der Waals surface area contributed by atoms with Gasteiger partial charge in [0.2, 0.25) is 0 Å². The molecule has 0 N–H and O–H groups in total. The van der Waals surface area contributed by atoms with Crippen LogP contribution < -0.4 is 9.80 Å². The molecule has 1 heterocycles. The molecule has 57 heavy (non-hydrogen) atoms. The van der Waals surface area contributed by atoms with Crippen LogP contribution in [-0.2, 0) is 10.8 Å². The van der Waals surface area contributed by atoms with Crippen LogP contribution in [0.2, 0.25) is 0 Å². The van der Waals surface area contributed by atoms with Crippen molar-refractivity contribution in [3.8, 4) is 33.5 Å². The monoisotopic (exact) mass is 735 g/mol. The Hall–Kier alpha value is -6.71. The normalized spacial score (nSPS) is 14.0. The van der Waals surface area contributed by atoms with E-state index in [2.05, 4.69) is 226 Å². The van der Waals surface area contributed by atoms with E-state index in [1.54, 1.807) is 0 Å². The van der Waals surface area contributed by atoms with Crippen molar-refractivity contribution < 1.29 is 0 Å². The topological polar surface area (TPSA) is 19.4 Å². The number of hydrogen-bond donors (Lipinski definition) is 0. The summed E-state index contributed by atoms with van der Waals surface area (Å²) in [7, 11) is 0. The SMILES string of the molecule is Cc1ccc(N(c2ccccc2)c2ccc3c(c2)C(C)(C)c2nc4c(cc2-3)C(C)(C)c2cc(-c3ccc(N(c5ccccc5)c5ccccc5)cc3)ccc2-4)cc1. The fourth-order valence-electron chi connectivity index (χ4n) is 9.14. The van der Waals surface area contributed by atoms with Crippen molar-refractivity contribution >= 4 is 34.1 Å². The van der Waals surface area contributed by atoms with E-state index in [1.165, 1.54) is 50.1 Å². The van der Waals surface area contributed by atoms with Crippen LogP contribution in [0.4, 0.5) is 34.1 Å². The van der Waals surface area contributed by atoms with Crippen molar-refractivity contribution in [1.82, 2.24) is 4.98 Å². The first-order valence-electron chi connectivity index (χ1n) is 20.0. The van der Waals surface area contributed by atoms with Crippen molar-refractivity contribution in [2.75, 3.05) is 9.80 Å². The van der Waals surface area contributed by atoms with Gasteiger partial charge < -0.3 is 9.80 Å². The summed E-state index contributed by atoms with van der Waals surface area (Å²) < 4.78 is 0. The second-order valence-electron chi connectivity index (χ2n) is 16.6. The molecule has 0 amide bonds. The lowest BCUT2D eigenvalue weighted by atomic mass is 9.81. The Morgan fingerprint density at radius 2 is 0.825 bits per heavy atom. The standard InChI is InChI=1S/C54H45N3/c1-36-21-26-42(27-22-36)57(41-19-13-8-14-20-41)44-30-32-45-47-35-50-51(55-52(47)54(4,5)49(45)34-44)46-31-25-38(33-48(46)53(50,2)3)37-23-28-43(29-24-37)56(39-15-9-6-10-16-39)40-17-11-7-12-18-40/h6-35H,1-5H3. The molecular formula is C54H45N3. The van der Waals surface area contributed by atoms with Crippen LogP contribution in [0.1, 0.15) is 55.6 Å². The number of hydrogen-bond acceptors (Lipinski definition) is 3. The minimum Gasteiger partial charge on any atom is -0.311 e. The molecule has 0 saturated carbocycles. The van der Waals surface area contributed by atoms with Gasteiger partial charge in [0.1, 0.15) is 0 Å². The molecule has 7 aromatic carbocycles. The molecule has 3 heteroatoms. The summed E-state index contributed by atoms with van der Waals surface area (Å²) in [6, 6.07) is 66.0. The van der Waals surface area contributed by atoms with Crippen LogP contribution in [0.5, 0.6) is 0 Å². The molecule has 0 fully saturated rings. The van der Waals surface area contributed by atoms with Crippen molar-refractivity contribution in [3.05, 3.63) is 210 Å². The van der Waals surface area contributed by atoms with Crippen LogP contribution >= 0.6 is 0 Å². The second kappa shape index (κ2) is 13.2. The van der Waals surface area contributed by atoms with Gasteiger partial charge in [-0.3, -0.25) is 4.98 Å². The molecule has 2 aliphatic rings. The summed E-state index contributed by atoms with van der Waals surface area (Å²) in [5.41, 5.74) is 20.0. The summed E-state index contributed by atoms with van der Waals surface area (Å²) in [5, 5.41) is 0. The first kappa shape index (κ1) is 34.8. The van der Waals surface area contributed by atoms with Crippen LogP contribution in [0, 0.1) is 6.92 Å². The summed E-state index contributed by atoms with van der Waals surface area (Å²) in [6.45, 7) is 11.5. The predicted molar refractivity (Wildman–Crippen MR) is 239 cm³/mol. The number of rotatable bonds is 7. The lowest BCUT2D eigenvalue weighted by molar-refractivity contribution is 0.631. The summed E-state index contributed by atoms with van der Waals surface area (Å²) in [6.07, 6.45) is 0. The molecule has 0 bridgehead atoms. The molecule has 0 aliphatic heterocycles. The van der Waals surface area contributed by atoms with Gasteiger partial charge in [-0.2, -0.15) is 0 Å². The number of nitrogens with zero attached hydrogens (tertiary/aromatic N) is 3. The number of anilines is 6. The maximum atomic E-state index is 5.61. The summed E-state index contributed by atoms with van der Waals surface area (Å²) in [4.78, 5) is 10.3. The Balaban J connectivity index is 1.00. The van der Waals surface area contributed by atoms with E-state index in [9.17, 15) is 0 Å².